The van der Waals surface area contributed by atoms with E-state index >= 15 is 0 Å². The fourth-order valence-corrected chi connectivity index (χ4v) is 5.91. The molecule has 0 aromatic heterocycles. The molecule has 0 radical (unpaired) electrons. The van der Waals surface area contributed by atoms with Gasteiger partial charge in [0, 0.05) is 5.92 Å². The van der Waals surface area contributed by atoms with Gasteiger partial charge >= 0.3 is 5.30 Å². The van der Waals surface area contributed by atoms with E-state index < -0.39 is 0 Å². The molecule has 5 rings (SSSR count). The van der Waals surface area contributed by atoms with Gasteiger partial charge in [0.25, 0.3) is 0 Å². The van der Waals surface area contributed by atoms with Crippen molar-refractivity contribution in [2.75, 3.05) is 0 Å². The third kappa shape index (κ3) is 0.772. The summed E-state index contributed by atoms with van der Waals surface area (Å²) < 4.78 is 11.2. The Hall–Kier alpha value is -0.220. The van der Waals surface area contributed by atoms with Gasteiger partial charge in [0.05, 0.1) is 17.5 Å². The summed E-state index contributed by atoms with van der Waals surface area (Å²) in [5, 5.41) is 0.426. The summed E-state index contributed by atoms with van der Waals surface area (Å²) in [6.07, 6.45) is 3.90. The fourth-order valence-electron chi connectivity index (χ4n) is 4.81. The lowest BCUT2D eigenvalue weighted by Gasteiger charge is -2.24. The number of epoxide rings is 1. The third-order valence-corrected chi connectivity index (χ3v) is 6.27. The molecule has 80 valence electrons. The predicted molar refractivity (Wildman–Crippen MR) is 53.5 cm³/mol. The molecule has 2 bridgehead atoms. The zero-order valence-electron chi connectivity index (χ0n) is 8.17. The first-order valence-electron chi connectivity index (χ1n) is 5.85. The maximum absolute atomic E-state index is 11.3. The molecular formula is C11H12O3S. The highest BCUT2D eigenvalue weighted by molar-refractivity contribution is 8.14. The molecule has 2 heterocycles. The van der Waals surface area contributed by atoms with E-state index in [1.165, 1.54) is 24.6 Å². The molecule has 8 atom stereocenters. The average Bonchev–Trinajstić information content (AvgIpc) is 2.53. The van der Waals surface area contributed by atoms with Crippen LogP contribution in [0.4, 0.5) is 4.79 Å². The van der Waals surface area contributed by atoms with Gasteiger partial charge in [-0.2, -0.15) is 0 Å². The number of rotatable bonds is 0. The van der Waals surface area contributed by atoms with Crippen molar-refractivity contribution in [3.05, 3.63) is 0 Å². The largest absolute Gasteiger partial charge is 0.453 e. The van der Waals surface area contributed by atoms with Gasteiger partial charge in [-0.3, -0.25) is 0 Å². The van der Waals surface area contributed by atoms with E-state index in [0.29, 0.717) is 29.3 Å². The van der Waals surface area contributed by atoms with E-state index in [1.54, 1.807) is 0 Å². The average molecular weight is 224 g/mol. The van der Waals surface area contributed by atoms with E-state index in [4.69, 9.17) is 9.47 Å². The number of ether oxygens (including phenoxy) is 2. The molecule has 4 heteroatoms. The fraction of sp³-hybridized carbons (Fsp3) is 0.909. The van der Waals surface area contributed by atoms with E-state index in [2.05, 4.69) is 0 Å². The van der Waals surface area contributed by atoms with Gasteiger partial charge in [-0.05, 0) is 42.4 Å². The molecule has 2 saturated heterocycles. The Kier molecular flexibility index (Phi) is 1.18. The molecule has 3 aliphatic carbocycles. The minimum Gasteiger partial charge on any atom is -0.453 e. The van der Waals surface area contributed by atoms with Gasteiger partial charge in [-0.25, -0.2) is 4.79 Å². The Morgan fingerprint density at radius 1 is 1.07 bits per heavy atom. The minimum absolute atomic E-state index is 0.0421. The molecule has 0 spiro atoms. The standard InChI is InChI=1S/C11H12O3S/c12-11-14-10-6(15-11)2-3-4-1-5(7(3)10)9-8(4)13-9/h3-10H,1-2H2. The highest BCUT2D eigenvalue weighted by Crippen LogP contribution is 2.68. The van der Waals surface area contributed by atoms with Crippen molar-refractivity contribution in [3.8, 4) is 0 Å². The van der Waals surface area contributed by atoms with Crippen LogP contribution in [-0.4, -0.2) is 28.9 Å². The summed E-state index contributed by atoms with van der Waals surface area (Å²) >= 11 is 1.44. The van der Waals surface area contributed by atoms with Gasteiger partial charge in [0.2, 0.25) is 0 Å². The molecular weight excluding hydrogens is 212 g/mol. The van der Waals surface area contributed by atoms with Crippen LogP contribution < -0.4 is 0 Å². The predicted octanol–water partition coefficient (Wildman–Crippen LogP) is 1.66. The summed E-state index contributed by atoms with van der Waals surface area (Å²) in [5.41, 5.74) is 0. The molecule has 3 saturated carbocycles. The second kappa shape index (κ2) is 2.23. The van der Waals surface area contributed by atoms with Crippen molar-refractivity contribution in [1.82, 2.24) is 0 Å². The molecule has 3 nitrogen and oxygen atoms in total. The van der Waals surface area contributed by atoms with E-state index in [0.717, 1.165) is 11.8 Å². The van der Waals surface area contributed by atoms with E-state index in [1.807, 2.05) is 0 Å². The zero-order chi connectivity index (χ0) is 9.73. The van der Waals surface area contributed by atoms with E-state index in [9.17, 15) is 4.79 Å². The van der Waals surface area contributed by atoms with Gasteiger partial charge in [0.1, 0.15) is 6.10 Å². The van der Waals surface area contributed by atoms with Crippen molar-refractivity contribution in [2.45, 2.75) is 36.4 Å². The zero-order valence-corrected chi connectivity index (χ0v) is 8.98. The Morgan fingerprint density at radius 2 is 1.93 bits per heavy atom. The summed E-state index contributed by atoms with van der Waals surface area (Å²) in [4.78, 5) is 11.3. The molecule has 2 aliphatic heterocycles. The second-order valence-corrected chi connectivity index (χ2v) is 6.77. The van der Waals surface area contributed by atoms with Gasteiger partial charge in [-0.15, -0.1) is 0 Å². The van der Waals surface area contributed by atoms with Gasteiger partial charge in [-0.1, -0.05) is 0 Å². The molecule has 0 aromatic carbocycles. The Bertz CT molecular complexity index is 371. The second-order valence-electron chi connectivity index (χ2n) is 5.59. The Balaban J connectivity index is 1.55. The van der Waals surface area contributed by atoms with Crippen molar-refractivity contribution < 1.29 is 14.3 Å². The number of carbonyl (C=O) groups is 1. The molecule has 5 fully saturated rings. The van der Waals surface area contributed by atoms with Crippen LogP contribution in [0.15, 0.2) is 0 Å². The molecule has 15 heavy (non-hydrogen) atoms. The van der Waals surface area contributed by atoms with Crippen LogP contribution >= 0.6 is 11.8 Å². The van der Waals surface area contributed by atoms with Crippen molar-refractivity contribution >= 4 is 17.1 Å². The maximum Gasteiger partial charge on any atom is 0.368 e. The van der Waals surface area contributed by atoms with Crippen LogP contribution in [0.5, 0.6) is 0 Å². The highest BCUT2D eigenvalue weighted by atomic mass is 32.2. The molecule has 5 aliphatic rings. The number of hydrogen-bond acceptors (Lipinski definition) is 4. The Labute approximate surface area is 91.9 Å². The Morgan fingerprint density at radius 3 is 2.87 bits per heavy atom. The lowest BCUT2D eigenvalue weighted by molar-refractivity contribution is 0.0791. The maximum atomic E-state index is 11.3. The van der Waals surface area contributed by atoms with Crippen molar-refractivity contribution in [1.29, 1.82) is 0 Å². The van der Waals surface area contributed by atoms with Crippen LogP contribution in [0.1, 0.15) is 12.8 Å². The molecule has 0 aromatic rings. The quantitative estimate of drug-likeness (QED) is 0.463. The third-order valence-electron chi connectivity index (χ3n) is 5.22. The van der Waals surface area contributed by atoms with Gasteiger partial charge < -0.3 is 9.47 Å². The normalized spacial score (nSPS) is 67.6. The molecule has 0 N–H and O–H groups in total. The lowest BCUT2D eigenvalue weighted by atomic mass is 9.81. The number of hydrogen-bond donors (Lipinski definition) is 0. The first-order valence-corrected chi connectivity index (χ1v) is 6.73. The number of thioether (sulfide) groups is 1. The van der Waals surface area contributed by atoms with Crippen LogP contribution in [-0.2, 0) is 9.47 Å². The molecule has 0 amide bonds. The van der Waals surface area contributed by atoms with Crippen LogP contribution in [0.2, 0.25) is 0 Å². The number of fused-ring (bicyclic) bond motifs is 10. The monoisotopic (exact) mass is 224 g/mol. The minimum atomic E-state index is -0.0421. The topological polar surface area (TPSA) is 38.8 Å². The first-order chi connectivity index (χ1) is 7.33. The summed E-state index contributed by atoms with van der Waals surface area (Å²) in [6, 6.07) is 0. The summed E-state index contributed by atoms with van der Waals surface area (Å²) in [5.74, 6) is 2.96. The van der Waals surface area contributed by atoms with Crippen molar-refractivity contribution in [2.24, 2.45) is 23.7 Å². The SMILES string of the molecule is O=C1OC2C(CC3C4CC(C5OC45)C32)S1. The van der Waals surface area contributed by atoms with Crippen LogP contribution in [0, 0.1) is 23.7 Å². The lowest BCUT2D eigenvalue weighted by Crippen LogP contribution is -2.32. The summed E-state index contributed by atoms with van der Waals surface area (Å²) in [6.45, 7) is 0. The van der Waals surface area contributed by atoms with E-state index in [-0.39, 0.29) is 11.4 Å². The first kappa shape index (κ1) is 7.96. The summed E-state index contributed by atoms with van der Waals surface area (Å²) in [7, 11) is 0. The molecule has 8 unspecified atom stereocenters. The van der Waals surface area contributed by atoms with Gasteiger partial charge in [0.15, 0.2) is 0 Å². The van der Waals surface area contributed by atoms with Crippen molar-refractivity contribution in [3.63, 3.8) is 0 Å². The highest BCUT2D eigenvalue weighted by Gasteiger charge is 2.72. The van der Waals surface area contributed by atoms with Crippen LogP contribution in [0.3, 0.4) is 0 Å². The number of carbonyl (C=O) groups excluding carboxylic acids is 1. The van der Waals surface area contributed by atoms with Crippen LogP contribution in [0.25, 0.3) is 0 Å². The smallest absolute Gasteiger partial charge is 0.368 e.